The fraction of sp³-hybridized carbons (Fsp3) is 1.00. The minimum atomic E-state index is 0.462. The zero-order chi connectivity index (χ0) is 14.2. The summed E-state index contributed by atoms with van der Waals surface area (Å²) in [7, 11) is 0. The Balaban J connectivity index is 0. The SMILES string of the molecule is CC(C)C(C)C(C)C(C)(C)C(C)C.CCCC. The van der Waals surface area contributed by atoms with Crippen molar-refractivity contribution >= 4 is 0 Å². The highest BCUT2D eigenvalue weighted by Crippen LogP contribution is 2.40. The molecule has 0 N–H and O–H groups in total. The summed E-state index contributed by atoms with van der Waals surface area (Å²) >= 11 is 0. The van der Waals surface area contributed by atoms with Crippen LogP contribution in [0, 0.1) is 29.1 Å². The average Bonchev–Trinajstić information content (AvgIpc) is 2.26. The van der Waals surface area contributed by atoms with E-state index in [1.807, 2.05) is 0 Å². The zero-order valence-corrected chi connectivity index (χ0v) is 14.2. The van der Waals surface area contributed by atoms with Crippen LogP contribution < -0.4 is 0 Å². The molecule has 0 heteroatoms. The van der Waals surface area contributed by atoms with Crippen LogP contribution in [0.3, 0.4) is 0 Å². The smallest absolute Gasteiger partial charge is 0.0303 e. The second kappa shape index (κ2) is 9.00. The molecule has 0 rings (SSSR count). The van der Waals surface area contributed by atoms with Gasteiger partial charge in [-0.1, -0.05) is 82.1 Å². The molecule has 0 aliphatic carbocycles. The van der Waals surface area contributed by atoms with E-state index in [2.05, 4.69) is 69.2 Å². The summed E-state index contributed by atoms with van der Waals surface area (Å²) in [5.41, 5.74) is 0.462. The van der Waals surface area contributed by atoms with Crippen LogP contribution in [0.4, 0.5) is 0 Å². The van der Waals surface area contributed by atoms with Crippen molar-refractivity contribution in [1.82, 2.24) is 0 Å². The summed E-state index contributed by atoms with van der Waals surface area (Å²) in [4.78, 5) is 0. The molecule has 17 heavy (non-hydrogen) atoms. The lowest BCUT2D eigenvalue weighted by Gasteiger charge is -2.40. The van der Waals surface area contributed by atoms with Gasteiger partial charge >= 0.3 is 0 Å². The number of unbranched alkanes of at least 4 members (excludes halogenated alkanes) is 1. The summed E-state index contributed by atoms with van der Waals surface area (Å²) in [5, 5.41) is 0. The van der Waals surface area contributed by atoms with E-state index in [-0.39, 0.29) is 0 Å². The number of hydrogen-bond donors (Lipinski definition) is 0. The molecule has 0 bridgehead atoms. The Hall–Kier alpha value is 0. The van der Waals surface area contributed by atoms with Crippen molar-refractivity contribution < 1.29 is 0 Å². The molecule has 0 saturated heterocycles. The van der Waals surface area contributed by atoms with Gasteiger partial charge in [0.2, 0.25) is 0 Å². The van der Waals surface area contributed by atoms with Crippen molar-refractivity contribution in [2.24, 2.45) is 29.1 Å². The Kier molecular flexibility index (Phi) is 10.2. The van der Waals surface area contributed by atoms with Gasteiger partial charge in [-0.25, -0.2) is 0 Å². The van der Waals surface area contributed by atoms with E-state index in [1.165, 1.54) is 12.8 Å². The maximum Gasteiger partial charge on any atom is -0.0303 e. The minimum Gasteiger partial charge on any atom is -0.0654 e. The summed E-state index contributed by atoms with van der Waals surface area (Å²) in [6.45, 7) is 23.3. The summed E-state index contributed by atoms with van der Waals surface area (Å²) < 4.78 is 0. The highest BCUT2D eigenvalue weighted by molar-refractivity contribution is 4.82. The van der Waals surface area contributed by atoms with Crippen molar-refractivity contribution in [3.63, 3.8) is 0 Å². The third-order valence-corrected chi connectivity index (χ3v) is 5.00. The van der Waals surface area contributed by atoms with Gasteiger partial charge in [-0.05, 0) is 29.1 Å². The van der Waals surface area contributed by atoms with Crippen LogP contribution in [-0.2, 0) is 0 Å². The highest BCUT2D eigenvalue weighted by Gasteiger charge is 2.33. The molecule has 2 unspecified atom stereocenters. The minimum absolute atomic E-state index is 0.462. The standard InChI is InChI=1S/C13H28.C4H10/c1-9(2)11(5)12(6)13(7,8)10(3)4;1-3-4-2/h9-12H,1-8H3;3-4H2,1-2H3. The van der Waals surface area contributed by atoms with Crippen molar-refractivity contribution in [3.8, 4) is 0 Å². The Morgan fingerprint density at radius 3 is 1.29 bits per heavy atom. The molecule has 0 aliphatic rings. The van der Waals surface area contributed by atoms with Gasteiger partial charge in [0.25, 0.3) is 0 Å². The molecule has 0 aromatic carbocycles. The lowest BCUT2D eigenvalue weighted by Crippen LogP contribution is -2.33. The fourth-order valence-electron chi connectivity index (χ4n) is 1.78. The van der Waals surface area contributed by atoms with E-state index in [4.69, 9.17) is 0 Å². The summed E-state index contributed by atoms with van der Waals surface area (Å²) in [6.07, 6.45) is 2.64. The van der Waals surface area contributed by atoms with E-state index in [0.29, 0.717) is 5.41 Å². The van der Waals surface area contributed by atoms with Gasteiger partial charge in [0.15, 0.2) is 0 Å². The zero-order valence-electron chi connectivity index (χ0n) is 14.2. The molecule has 0 nitrogen and oxygen atoms in total. The molecule has 0 saturated carbocycles. The van der Waals surface area contributed by atoms with Crippen LogP contribution in [0.25, 0.3) is 0 Å². The van der Waals surface area contributed by atoms with Crippen LogP contribution in [-0.4, -0.2) is 0 Å². The van der Waals surface area contributed by atoms with Crippen LogP contribution in [0.5, 0.6) is 0 Å². The molecule has 0 aromatic rings. The van der Waals surface area contributed by atoms with E-state index >= 15 is 0 Å². The lowest BCUT2D eigenvalue weighted by atomic mass is 9.65. The average molecular weight is 242 g/mol. The van der Waals surface area contributed by atoms with Gasteiger partial charge in [-0.2, -0.15) is 0 Å². The van der Waals surface area contributed by atoms with Gasteiger partial charge < -0.3 is 0 Å². The molecular formula is C17H38. The Morgan fingerprint density at radius 2 is 1.12 bits per heavy atom. The molecular weight excluding hydrogens is 204 g/mol. The Labute approximate surface area is 112 Å². The Morgan fingerprint density at radius 1 is 0.765 bits per heavy atom. The van der Waals surface area contributed by atoms with Gasteiger partial charge in [0.1, 0.15) is 0 Å². The Bertz CT molecular complexity index is 163. The van der Waals surface area contributed by atoms with Gasteiger partial charge in [0, 0.05) is 0 Å². The topological polar surface area (TPSA) is 0 Å². The quantitative estimate of drug-likeness (QED) is 0.523. The predicted octanol–water partition coefficient (Wildman–Crippen LogP) is 6.40. The van der Waals surface area contributed by atoms with Crippen molar-refractivity contribution in [2.75, 3.05) is 0 Å². The molecule has 0 spiro atoms. The normalized spacial score (nSPS) is 15.5. The first kappa shape index (κ1) is 19.3. The summed E-state index contributed by atoms with van der Waals surface area (Å²) in [6, 6.07) is 0. The van der Waals surface area contributed by atoms with Crippen LogP contribution in [0.15, 0.2) is 0 Å². The molecule has 0 aromatic heterocycles. The van der Waals surface area contributed by atoms with E-state index in [1.54, 1.807) is 0 Å². The predicted molar refractivity (Wildman–Crippen MR) is 82.4 cm³/mol. The molecule has 0 heterocycles. The van der Waals surface area contributed by atoms with Crippen LogP contribution in [0.1, 0.15) is 82.1 Å². The number of rotatable bonds is 5. The molecule has 2 atom stereocenters. The van der Waals surface area contributed by atoms with E-state index in [0.717, 1.165) is 23.7 Å². The van der Waals surface area contributed by atoms with Gasteiger partial charge in [0.05, 0.1) is 0 Å². The molecule has 0 fully saturated rings. The first-order valence-electron chi connectivity index (χ1n) is 7.62. The first-order chi connectivity index (χ1) is 7.62. The van der Waals surface area contributed by atoms with Crippen LogP contribution >= 0.6 is 0 Å². The molecule has 0 radical (unpaired) electrons. The first-order valence-corrected chi connectivity index (χ1v) is 7.62. The highest BCUT2D eigenvalue weighted by atomic mass is 14.4. The van der Waals surface area contributed by atoms with Crippen molar-refractivity contribution in [3.05, 3.63) is 0 Å². The maximum absolute atomic E-state index is 2.41. The molecule has 106 valence electrons. The monoisotopic (exact) mass is 242 g/mol. The van der Waals surface area contributed by atoms with E-state index in [9.17, 15) is 0 Å². The van der Waals surface area contributed by atoms with Crippen molar-refractivity contribution in [2.45, 2.75) is 82.1 Å². The molecule has 0 aliphatic heterocycles. The lowest BCUT2D eigenvalue weighted by molar-refractivity contribution is 0.0849. The van der Waals surface area contributed by atoms with E-state index < -0.39 is 0 Å². The second-order valence-corrected chi connectivity index (χ2v) is 6.87. The van der Waals surface area contributed by atoms with Crippen LogP contribution in [0.2, 0.25) is 0 Å². The molecule has 0 amide bonds. The van der Waals surface area contributed by atoms with Crippen molar-refractivity contribution in [1.29, 1.82) is 0 Å². The van der Waals surface area contributed by atoms with Gasteiger partial charge in [-0.3, -0.25) is 0 Å². The third-order valence-electron chi connectivity index (χ3n) is 5.00. The fourth-order valence-corrected chi connectivity index (χ4v) is 1.78. The second-order valence-electron chi connectivity index (χ2n) is 6.87. The van der Waals surface area contributed by atoms with Gasteiger partial charge in [-0.15, -0.1) is 0 Å². The summed E-state index contributed by atoms with van der Waals surface area (Å²) in [5.74, 6) is 3.18. The third kappa shape index (κ3) is 7.11. The number of hydrogen-bond acceptors (Lipinski definition) is 0. The largest absolute Gasteiger partial charge is 0.0654 e. The maximum atomic E-state index is 2.41.